The van der Waals surface area contributed by atoms with E-state index >= 15 is 0 Å². The average molecular weight is 492 g/mol. The van der Waals surface area contributed by atoms with E-state index in [2.05, 4.69) is 29.1 Å². The first-order chi connectivity index (χ1) is 12.5. The molecule has 1 saturated heterocycles. The van der Waals surface area contributed by atoms with Crippen molar-refractivity contribution in [3.63, 3.8) is 0 Å². The van der Waals surface area contributed by atoms with Gasteiger partial charge in [-0.2, -0.15) is 0 Å². The molecule has 1 aromatic carbocycles. The average Bonchev–Trinajstić information content (AvgIpc) is 2.67. The molecule has 1 aromatic rings. The van der Waals surface area contributed by atoms with Crippen LogP contribution in [-0.4, -0.2) is 70.0 Å². The molecular formula is C19H33IN4O3. The first-order valence-corrected chi connectivity index (χ1v) is 9.04. The van der Waals surface area contributed by atoms with Crippen LogP contribution in [0.1, 0.15) is 19.4 Å². The Morgan fingerprint density at radius 2 is 1.89 bits per heavy atom. The normalized spacial score (nSPS) is 15.8. The zero-order valence-corrected chi connectivity index (χ0v) is 19.1. The fourth-order valence-corrected chi connectivity index (χ4v) is 2.97. The van der Waals surface area contributed by atoms with E-state index in [0.29, 0.717) is 19.0 Å². The summed E-state index contributed by atoms with van der Waals surface area (Å²) in [5, 5.41) is 3.19. The molecule has 0 atom stereocenters. The number of hydrogen-bond donors (Lipinski definition) is 2. The van der Waals surface area contributed by atoms with Gasteiger partial charge in [0.2, 0.25) is 0 Å². The number of nitrogens with one attached hydrogen (secondary N) is 1. The maximum atomic E-state index is 6.03. The monoisotopic (exact) mass is 492 g/mol. The summed E-state index contributed by atoms with van der Waals surface area (Å²) in [4.78, 5) is 6.92. The third kappa shape index (κ3) is 7.34. The van der Waals surface area contributed by atoms with Gasteiger partial charge in [0.25, 0.3) is 0 Å². The van der Waals surface area contributed by atoms with Gasteiger partial charge < -0.3 is 25.3 Å². The van der Waals surface area contributed by atoms with E-state index in [1.807, 2.05) is 18.2 Å². The number of ether oxygens (including phenoxy) is 3. The Morgan fingerprint density at radius 3 is 2.52 bits per heavy atom. The summed E-state index contributed by atoms with van der Waals surface area (Å²) in [6.45, 7) is 9.20. The molecule has 1 aliphatic heterocycles. The Bertz CT molecular complexity index is 605. The van der Waals surface area contributed by atoms with E-state index in [9.17, 15) is 0 Å². The molecule has 0 amide bonds. The molecule has 0 aliphatic carbocycles. The van der Waals surface area contributed by atoms with Crippen molar-refractivity contribution in [1.29, 1.82) is 0 Å². The van der Waals surface area contributed by atoms with Crippen molar-refractivity contribution in [2.75, 3.05) is 53.6 Å². The largest absolute Gasteiger partial charge is 0.493 e. The fourth-order valence-electron chi connectivity index (χ4n) is 2.97. The van der Waals surface area contributed by atoms with Crippen LogP contribution in [0.4, 0.5) is 0 Å². The van der Waals surface area contributed by atoms with Crippen LogP contribution in [-0.2, 0) is 11.2 Å². The van der Waals surface area contributed by atoms with Gasteiger partial charge in [-0.05, 0) is 38.0 Å². The van der Waals surface area contributed by atoms with Crippen LogP contribution in [0.3, 0.4) is 0 Å². The first kappa shape index (κ1) is 23.8. The first-order valence-electron chi connectivity index (χ1n) is 9.04. The van der Waals surface area contributed by atoms with Crippen molar-refractivity contribution >= 4 is 29.9 Å². The highest BCUT2D eigenvalue weighted by atomic mass is 127. The predicted octanol–water partition coefficient (Wildman–Crippen LogP) is 1.88. The Balaban J connectivity index is 0.00000364. The maximum Gasteiger partial charge on any atom is 0.188 e. The standard InChI is InChI=1S/C19H32N4O3.HI/c1-19(2,23-9-11-26-12-10-23)14-22-18(20)21-8-7-15-5-6-16(24-3)17(13-15)25-4;/h5-6,13H,7-12,14H2,1-4H3,(H3,20,21,22);1H. The molecule has 0 bridgehead atoms. The van der Waals surface area contributed by atoms with Crippen LogP contribution >= 0.6 is 24.0 Å². The highest BCUT2D eigenvalue weighted by Gasteiger charge is 2.27. The second-order valence-electron chi connectivity index (χ2n) is 6.98. The van der Waals surface area contributed by atoms with Crippen molar-refractivity contribution in [2.45, 2.75) is 25.8 Å². The molecule has 1 fully saturated rings. The van der Waals surface area contributed by atoms with E-state index in [0.717, 1.165) is 49.8 Å². The molecule has 154 valence electrons. The summed E-state index contributed by atoms with van der Waals surface area (Å²) in [6.07, 6.45) is 0.823. The lowest BCUT2D eigenvalue weighted by molar-refractivity contribution is -0.00682. The van der Waals surface area contributed by atoms with Gasteiger partial charge >= 0.3 is 0 Å². The third-order valence-electron chi connectivity index (χ3n) is 4.67. The van der Waals surface area contributed by atoms with E-state index in [4.69, 9.17) is 19.9 Å². The number of benzene rings is 1. The van der Waals surface area contributed by atoms with Crippen LogP contribution in [0.25, 0.3) is 0 Å². The number of methoxy groups -OCH3 is 2. The van der Waals surface area contributed by atoms with Crippen molar-refractivity contribution in [2.24, 2.45) is 10.7 Å². The van der Waals surface area contributed by atoms with Crippen molar-refractivity contribution in [3.05, 3.63) is 23.8 Å². The Morgan fingerprint density at radius 1 is 1.22 bits per heavy atom. The number of nitrogens with two attached hydrogens (primary N) is 1. The van der Waals surface area contributed by atoms with Crippen LogP contribution in [0.2, 0.25) is 0 Å². The van der Waals surface area contributed by atoms with Gasteiger partial charge in [0.05, 0.1) is 34.0 Å². The lowest BCUT2D eigenvalue weighted by Crippen LogP contribution is -2.52. The van der Waals surface area contributed by atoms with Crippen LogP contribution in [0, 0.1) is 0 Å². The molecule has 8 heteroatoms. The van der Waals surface area contributed by atoms with Gasteiger partial charge in [-0.15, -0.1) is 24.0 Å². The molecule has 0 radical (unpaired) electrons. The number of nitrogens with zero attached hydrogens (tertiary/aromatic N) is 2. The minimum absolute atomic E-state index is 0. The third-order valence-corrected chi connectivity index (χ3v) is 4.67. The van der Waals surface area contributed by atoms with Crippen LogP contribution in [0.5, 0.6) is 11.5 Å². The van der Waals surface area contributed by atoms with Crippen molar-refractivity contribution < 1.29 is 14.2 Å². The molecule has 0 aromatic heterocycles. The summed E-state index contributed by atoms with van der Waals surface area (Å²) in [5.41, 5.74) is 7.15. The molecule has 2 rings (SSSR count). The molecule has 0 unspecified atom stereocenters. The molecule has 7 nitrogen and oxygen atoms in total. The van der Waals surface area contributed by atoms with Crippen LogP contribution < -0.4 is 20.5 Å². The number of hydrogen-bond acceptors (Lipinski definition) is 5. The van der Waals surface area contributed by atoms with Gasteiger partial charge in [0, 0.05) is 25.2 Å². The second-order valence-corrected chi connectivity index (χ2v) is 6.98. The second kappa shape index (κ2) is 11.6. The van der Waals surface area contributed by atoms with Gasteiger partial charge in [0.15, 0.2) is 17.5 Å². The number of guanidine groups is 1. The zero-order valence-electron chi connectivity index (χ0n) is 16.8. The molecule has 0 spiro atoms. The summed E-state index contributed by atoms with van der Waals surface area (Å²) in [7, 11) is 3.27. The van der Waals surface area contributed by atoms with Crippen LogP contribution in [0.15, 0.2) is 23.2 Å². The van der Waals surface area contributed by atoms with Gasteiger partial charge in [-0.3, -0.25) is 9.89 Å². The zero-order chi connectivity index (χ0) is 19.0. The fraction of sp³-hybridized carbons (Fsp3) is 0.632. The highest BCUT2D eigenvalue weighted by Crippen LogP contribution is 2.27. The van der Waals surface area contributed by atoms with Crippen molar-refractivity contribution in [3.8, 4) is 11.5 Å². The van der Waals surface area contributed by atoms with Gasteiger partial charge in [0.1, 0.15) is 0 Å². The molecule has 27 heavy (non-hydrogen) atoms. The van der Waals surface area contributed by atoms with Gasteiger partial charge in [-0.25, -0.2) is 0 Å². The summed E-state index contributed by atoms with van der Waals surface area (Å²) in [5.74, 6) is 1.95. The molecule has 1 aliphatic rings. The minimum atomic E-state index is -0.0283. The summed E-state index contributed by atoms with van der Waals surface area (Å²) >= 11 is 0. The maximum absolute atomic E-state index is 6.03. The quantitative estimate of drug-likeness (QED) is 0.328. The molecule has 0 saturated carbocycles. The minimum Gasteiger partial charge on any atom is -0.493 e. The summed E-state index contributed by atoms with van der Waals surface area (Å²) < 4.78 is 16.0. The molecular weight excluding hydrogens is 459 g/mol. The SMILES string of the molecule is COc1ccc(CCNC(N)=NCC(C)(C)N2CCOCC2)cc1OC.I. The lowest BCUT2D eigenvalue weighted by Gasteiger charge is -2.39. The number of halogens is 1. The Kier molecular flexibility index (Phi) is 10.2. The Labute approximate surface area is 179 Å². The van der Waals surface area contributed by atoms with E-state index in [1.165, 1.54) is 0 Å². The number of rotatable bonds is 8. The predicted molar refractivity (Wildman–Crippen MR) is 120 cm³/mol. The Hall–Kier alpha value is -1.26. The number of morpholine rings is 1. The van der Waals surface area contributed by atoms with E-state index in [-0.39, 0.29) is 29.5 Å². The van der Waals surface area contributed by atoms with E-state index < -0.39 is 0 Å². The van der Waals surface area contributed by atoms with Gasteiger partial charge in [-0.1, -0.05) is 6.07 Å². The summed E-state index contributed by atoms with van der Waals surface area (Å²) in [6, 6.07) is 5.92. The topological polar surface area (TPSA) is 81.3 Å². The highest BCUT2D eigenvalue weighted by molar-refractivity contribution is 14.0. The number of aliphatic imine (C=N–C) groups is 1. The smallest absolute Gasteiger partial charge is 0.188 e. The lowest BCUT2D eigenvalue weighted by atomic mass is 10.0. The molecule has 3 N–H and O–H groups in total. The van der Waals surface area contributed by atoms with E-state index in [1.54, 1.807) is 14.2 Å². The van der Waals surface area contributed by atoms with Crippen molar-refractivity contribution in [1.82, 2.24) is 10.2 Å². The molecule has 1 heterocycles.